The fraction of sp³-hybridized carbons (Fsp3) is 0.320. The number of aromatic nitrogens is 2. The molecule has 1 atom stereocenters. The molecule has 1 aromatic heterocycles. The van der Waals surface area contributed by atoms with Gasteiger partial charge in [-0.3, -0.25) is 9.59 Å². The fourth-order valence-corrected chi connectivity index (χ4v) is 4.17. The molecule has 0 saturated carbocycles. The summed E-state index contributed by atoms with van der Waals surface area (Å²) in [6.45, 7) is 3.92. The molecule has 3 aromatic rings. The minimum absolute atomic E-state index is 0.169. The summed E-state index contributed by atoms with van der Waals surface area (Å²) in [7, 11) is 0. The standard InChI is InChI=1S/C25H27N3O3/c1-3-21(19-12-11-17-8-4-5-9-18(17)14-19)26-25(31)24-22(29)15-23(30)28(27-24)20-10-6-7-16(2)13-20/h6-7,10-15,21,29H,3-5,8-9H2,1-2H3,(H,26,31). The molecule has 1 aliphatic rings. The van der Waals surface area contributed by atoms with Crippen molar-refractivity contribution < 1.29 is 9.90 Å². The van der Waals surface area contributed by atoms with E-state index in [4.69, 9.17) is 0 Å². The predicted molar refractivity (Wildman–Crippen MR) is 120 cm³/mol. The van der Waals surface area contributed by atoms with Crippen LogP contribution in [0.5, 0.6) is 5.75 Å². The topological polar surface area (TPSA) is 84.2 Å². The first-order valence-corrected chi connectivity index (χ1v) is 10.8. The lowest BCUT2D eigenvalue weighted by atomic mass is 9.89. The van der Waals surface area contributed by atoms with Crippen molar-refractivity contribution in [1.82, 2.24) is 15.1 Å². The van der Waals surface area contributed by atoms with Crippen molar-refractivity contribution in [3.63, 3.8) is 0 Å². The highest BCUT2D eigenvalue weighted by Gasteiger charge is 2.21. The number of rotatable bonds is 5. The Balaban J connectivity index is 1.63. The Bertz CT molecular complexity index is 1180. The van der Waals surface area contributed by atoms with Gasteiger partial charge >= 0.3 is 0 Å². The Morgan fingerprint density at radius 2 is 1.90 bits per heavy atom. The molecule has 1 unspecified atom stereocenters. The van der Waals surface area contributed by atoms with Gasteiger partial charge in [0, 0.05) is 6.07 Å². The van der Waals surface area contributed by atoms with E-state index in [2.05, 4.69) is 28.6 Å². The second-order valence-electron chi connectivity index (χ2n) is 8.14. The second-order valence-corrected chi connectivity index (χ2v) is 8.14. The van der Waals surface area contributed by atoms with Crippen LogP contribution in [0.4, 0.5) is 0 Å². The van der Waals surface area contributed by atoms with E-state index >= 15 is 0 Å². The first-order chi connectivity index (χ1) is 15.0. The summed E-state index contributed by atoms with van der Waals surface area (Å²) in [5, 5.41) is 17.4. The third-order valence-corrected chi connectivity index (χ3v) is 5.86. The van der Waals surface area contributed by atoms with Crippen molar-refractivity contribution in [2.75, 3.05) is 0 Å². The summed E-state index contributed by atoms with van der Waals surface area (Å²) in [4.78, 5) is 25.4. The highest BCUT2D eigenvalue weighted by atomic mass is 16.3. The number of benzene rings is 2. The minimum atomic E-state index is -0.511. The van der Waals surface area contributed by atoms with Gasteiger partial charge in [-0.25, -0.2) is 0 Å². The molecule has 0 radical (unpaired) electrons. The normalized spacial score (nSPS) is 14.0. The van der Waals surface area contributed by atoms with Gasteiger partial charge < -0.3 is 10.4 Å². The van der Waals surface area contributed by atoms with E-state index in [1.54, 1.807) is 12.1 Å². The van der Waals surface area contributed by atoms with Gasteiger partial charge in [-0.05, 0) is 73.4 Å². The van der Waals surface area contributed by atoms with Crippen molar-refractivity contribution in [3.05, 3.63) is 86.8 Å². The molecule has 0 saturated heterocycles. The Morgan fingerprint density at radius 3 is 2.65 bits per heavy atom. The van der Waals surface area contributed by atoms with E-state index in [0.29, 0.717) is 12.1 Å². The molecule has 0 bridgehead atoms. The molecule has 6 heteroatoms. The number of aromatic hydroxyl groups is 1. The number of carbonyl (C=O) groups excluding carboxylic acids is 1. The molecule has 1 aliphatic carbocycles. The molecule has 0 aliphatic heterocycles. The van der Waals surface area contributed by atoms with Crippen LogP contribution in [0.15, 0.2) is 53.3 Å². The summed E-state index contributed by atoms with van der Waals surface area (Å²) < 4.78 is 1.14. The van der Waals surface area contributed by atoms with E-state index in [-0.39, 0.29) is 11.7 Å². The van der Waals surface area contributed by atoms with Gasteiger partial charge in [-0.1, -0.05) is 37.3 Å². The molecule has 1 heterocycles. The van der Waals surface area contributed by atoms with Gasteiger partial charge in [0.25, 0.3) is 11.5 Å². The van der Waals surface area contributed by atoms with Gasteiger partial charge in [-0.15, -0.1) is 0 Å². The number of nitrogens with one attached hydrogen (secondary N) is 1. The van der Waals surface area contributed by atoms with Gasteiger partial charge in [0.15, 0.2) is 11.4 Å². The predicted octanol–water partition coefficient (Wildman–Crippen LogP) is 4.01. The van der Waals surface area contributed by atoms with E-state index < -0.39 is 17.2 Å². The molecule has 31 heavy (non-hydrogen) atoms. The first-order valence-electron chi connectivity index (χ1n) is 10.8. The number of hydrogen-bond acceptors (Lipinski definition) is 4. The van der Waals surface area contributed by atoms with Crippen molar-refractivity contribution in [2.45, 2.75) is 52.0 Å². The average molecular weight is 418 g/mol. The summed E-state index contributed by atoms with van der Waals surface area (Å²) >= 11 is 0. The lowest BCUT2D eigenvalue weighted by Gasteiger charge is -2.22. The molecule has 0 fully saturated rings. The van der Waals surface area contributed by atoms with E-state index in [0.717, 1.165) is 34.7 Å². The van der Waals surface area contributed by atoms with Gasteiger partial charge in [-0.2, -0.15) is 9.78 Å². The molecule has 1 amide bonds. The molecule has 160 valence electrons. The lowest BCUT2D eigenvalue weighted by Crippen LogP contribution is -2.32. The third kappa shape index (κ3) is 4.38. The van der Waals surface area contributed by atoms with Crippen molar-refractivity contribution in [1.29, 1.82) is 0 Å². The highest BCUT2D eigenvalue weighted by Crippen LogP contribution is 2.26. The van der Waals surface area contributed by atoms with Gasteiger partial charge in [0.05, 0.1) is 11.7 Å². The quantitative estimate of drug-likeness (QED) is 0.657. The number of amides is 1. The number of nitrogens with zero attached hydrogens (tertiary/aromatic N) is 2. The summed E-state index contributed by atoms with van der Waals surface area (Å²) in [6, 6.07) is 14.5. The minimum Gasteiger partial charge on any atom is -0.505 e. The van der Waals surface area contributed by atoms with Gasteiger partial charge in [0.2, 0.25) is 0 Å². The molecule has 4 rings (SSSR count). The monoisotopic (exact) mass is 417 g/mol. The van der Waals surface area contributed by atoms with E-state index in [1.165, 1.54) is 24.0 Å². The number of hydrogen-bond donors (Lipinski definition) is 2. The van der Waals surface area contributed by atoms with Crippen LogP contribution in [0.1, 0.15) is 65.0 Å². The largest absolute Gasteiger partial charge is 0.505 e. The summed E-state index contributed by atoms with van der Waals surface area (Å²) in [5.41, 5.74) is 4.62. The molecular formula is C25H27N3O3. The van der Waals surface area contributed by atoms with E-state index in [9.17, 15) is 14.7 Å². The van der Waals surface area contributed by atoms with Gasteiger partial charge in [0.1, 0.15) is 0 Å². The average Bonchev–Trinajstić information content (AvgIpc) is 2.77. The SMILES string of the molecule is CCC(NC(=O)c1nn(-c2cccc(C)c2)c(=O)cc1O)c1ccc2c(c1)CCCC2. The molecule has 0 spiro atoms. The summed E-state index contributed by atoms with van der Waals surface area (Å²) in [5.74, 6) is -0.935. The third-order valence-electron chi connectivity index (χ3n) is 5.86. The van der Waals surface area contributed by atoms with Crippen molar-refractivity contribution >= 4 is 5.91 Å². The zero-order chi connectivity index (χ0) is 22.0. The number of carbonyl (C=O) groups is 1. The number of aryl methyl sites for hydroxylation is 3. The number of fused-ring (bicyclic) bond motifs is 1. The Kier molecular flexibility index (Phi) is 5.89. The fourth-order valence-electron chi connectivity index (χ4n) is 4.17. The zero-order valence-corrected chi connectivity index (χ0v) is 17.9. The molecule has 6 nitrogen and oxygen atoms in total. The summed E-state index contributed by atoms with van der Waals surface area (Å²) in [6.07, 6.45) is 5.29. The smallest absolute Gasteiger partial charge is 0.276 e. The van der Waals surface area contributed by atoms with E-state index in [1.807, 2.05) is 26.0 Å². The molecule has 2 N–H and O–H groups in total. The Morgan fingerprint density at radius 1 is 1.13 bits per heavy atom. The van der Waals surface area contributed by atoms with Crippen LogP contribution in [-0.2, 0) is 12.8 Å². The molecular weight excluding hydrogens is 390 g/mol. The van der Waals surface area contributed by atoms with Crippen LogP contribution >= 0.6 is 0 Å². The van der Waals surface area contributed by atoms with Crippen LogP contribution in [0.25, 0.3) is 5.69 Å². The lowest BCUT2D eigenvalue weighted by molar-refractivity contribution is 0.0925. The maximum Gasteiger partial charge on any atom is 0.276 e. The van der Waals surface area contributed by atoms with Crippen LogP contribution in [0.3, 0.4) is 0 Å². The maximum atomic E-state index is 13.0. The maximum absolute atomic E-state index is 13.0. The first kappa shape index (κ1) is 20.8. The van der Waals surface area contributed by atoms with Crippen LogP contribution < -0.4 is 10.9 Å². The molecule has 2 aromatic carbocycles. The zero-order valence-electron chi connectivity index (χ0n) is 17.9. The van der Waals surface area contributed by atoms with Crippen molar-refractivity contribution in [3.8, 4) is 11.4 Å². The van der Waals surface area contributed by atoms with Crippen molar-refractivity contribution in [2.24, 2.45) is 0 Å². The Labute approximate surface area is 181 Å². The van der Waals surface area contributed by atoms with Crippen LogP contribution in [0, 0.1) is 6.92 Å². The highest BCUT2D eigenvalue weighted by molar-refractivity contribution is 5.94. The second kappa shape index (κ2) is 8.76. The Hall–Kier alpha value is -3.41. The van der Waals surface area contributed by atoms with Crippen LogP contribution in [-0.4, -0.2) is 20.8 Å². The van der Waals surface area contributed by atoms with Crippen LogP contribution in [0.2, 0.25) is 0 Å².